The zero-order valence-electron chi connectivity index (χ0n) is 26.2. The van der Waals surface area contributed by atoms with Crippen LogP contribution in [0.25, 0.3) is 16.5 Å². The predicted octanol–water partition coefficient (Wildman–Crippen LogP) is 6.69. The monoisotopic (exact) mass is 703 g/mol. The average Bonchev–Trinajstić information content (AvgIpc) is 3.66. The number of ether oxygens (including phenoxy) is 1. The first-order valence-corrected chi connectivity index (χ1v) is 15.1. The fraction of sp³-hybridized carbons (Fsp3) is 0.273. The average molecular weight is 704 g/mol. The fourth-order valence-corrected chi connectivity index (χ4v) is 6.21. The molecule has 3 heterocycles. The third-order valence-corrected chi connectivity index (χ3v) is 8.26. The van der Waals surface area contributed by atoms with Crippen LogP contribution in [-0.4, -0.2) is 49.8 Å². The summed E-state index contributed by atoms with van der Waals surface area (Å²) in [6, 6.07) is 5.61. The van der Waals surface area contributed by atoms with Crippen LogP contribution >= 0.6 is 11.6 Å². The standard InChI is InChI=1S/C33H27ClF5N5O5/c1-31(2,3)49-30(47)44-8-7-15(14-44)27-20-13-23(40-28(45)16-9-17(33(37,38)39)11-19(36)10-16)25-24(26(20)42-43(27)4)29(46)41-32(25,48)21-12-18(35)5-6-22(21)34/h5-6,9-14,48H,7-8H2,1-4H3,(H,40,45)(H,41,46). The van der Waals surface area contributed by atoms with Crippen LogP contribution in [0.2, 0.25) is 5.02 Å². The number of nitrogens with zero attached hydrogens (tertiary/aromatic N) is 3. The minimum absolute atomic E-state index is 0.0354. The Balaban J connectivity index is 1.56. The lowest BCUT2D eigenvalue weighted by Crippen LogP contribution is -2.41. The molecular weight excluding hydrogens is 677 g/mol. The first-order chi connectivity index (χ1) is 22.8. The van der Waals surface area contributed by atoms with Crippen molar-refractivity contribution in [2.45, 2.75) is 44.7 Å². The van der Waals surface area contributed by atoms with Crippen molar-refractivity contribution in [3.05, 3.63) is 98.8 Å². The largest absolute Gasteiger partial charge is 0.443 e. The number of hydrogen-bond acceptors (Lipinski definition) is 6. The molecule has 1 atom stereocenters. The number of alkyl halides is 3. The van der Waals surface area contributed by atoms with Gasteiger partial charge in [0.05, 0.1) is 22.5 Å². The topological polar surface area (TPSA) is 126 Å². The highest BCUT2D eigenvalue weighted by atomic mass is 35.5. The molecular formula is C33H27ClF5N5O5. The van der Waals surface area contributed by atoms with Crippen molar-refractivity contribution in [1.29, 1.82) is 0 Å². The minimum atomic E-state index is -4.98. The first kappa shape index (κ1) is 33.9. The van der Waals surface area contributed by atoms with Gasteiger partial charge in [0.15, 0.2) is 5.72 Å². The number of aromatic nitrogens is 2. The molecule has 3 amide bonds. The molecule has 3 aromatic carbocycles. The van der Waals surface area contributed by atoms with Gasteiger partial charge in [-0.3, -0.25) is 19.2 Å². The van der Waals surface area contributed by atoms with Gasteiger partial charge in [0.2, 0.25) is 0 Å². The van der Waals surface area contributed by atoms with Crippen LogP contribution in [0.5, 0.6) is 0 Å². The Bertz CT molecular complexity index is 2120. The van der Waals surface area contributed by atoms with Crippen LogP contribution in [0.3, 0.4) is 0 Å². The Hall–Kier alpha value is -5.02. The van der Waals surface area contributed by atoms with Crippen molar-refractivity contribution in [2.75, 3.05) is 11.9 Å². The molecule has 0 fully saturated rings. The van der Waals surface area contributed by atoms with Crippen LogP contribution in [0.15, 0.2) is 48.7 Å². The van der Waals surface area contributed by atoms with E-state index in [0.717, 1.165) is 18.2 Å². The lowest BCUT2D eigenvalue weighted by molar-refractivity contribution is -0.137. The molecule has 6 rings (SSSR count). The van der Waals surface area contributed by atoms with Crippen molar-refractivity contribution >= 4 is 51.7 Å². The van der Waals surface area contributed by atoms with Crippen LogP contribution in [0.4, 0.5) is 32.4 Å². The van der Waals surface area contributed by atoms with Gasteiger partial charge in [0.1, 0.15) is 22.8 Å². The summed E-state index contributed by atoms with van der Waals surface area (Å²) in [5.74, 6) is -4.29. The normalized spacial score (nSPS) is 17.7. The summed E-state index contributed by atoms with van der Waals surface area (Å²) in [5.41, 5.74) is -5.67. The second-order valence-corrected chi connectivity index (χ2v) is 13.0. The number of nitrogens with one attached hydrogen (secondary N) is 2. The highest BCUT2D eigenvalue weighted by molar-refractivity contribution is 6.31. The molecule has 49 heavy (non-hydrogen) atoms. The van der Waals surface area contributed by atoms with Gasteiger partial charge in [-0.05, 0) is 75.2 Å². The van der Waals surface area contributed by atoms with Crippen molar-refractivity contribution < 1.29 is 46.2 Å². The quantitative estimate of drug-likeness (QED) is 0.203. The van der Waals surface area contributed by atoms with Crippen LogP contribution in [0.1, 0.15) is 70.3 Å². The Kier molecular flexibility index (Phi) is 7.98. The van der Waals surface area contributed by atoms with E-state index < -0.39 is 58.2 Å². The molecule has 2 aliphatic heterocycles. The third-order valence-electron chi connectivity index (χ3n) is 7.93. The maximum atomic E-state index is 14.5. The minimum Gasteiger partial charge on any atom is -0.443 e. The van der Waals surface area contributed by atoms with E-state index in [-0.39, 0.29) is 50.9 Å². The summed E-state index contributed by atoms with van der Waals surface area (Å²) in [7, 11) is 1.56. The molecule has 0 saturated heterocycles. The molecule has 256 valence electrons. The molecule has 1 unspecified atom stereocenters. The Morgan fingerprint density at radius 1 is 1.08 bits per heavy atom. The Morgan fingerprint density at radius 3 is 2.47 bits per heavy atom. The summed E-state index contributed by atoms with van der Waals surface area (Å²) in [6.07, 6.45) is -3.71. The Labute approximate surface area is 280 Å². The Morgan fingerprint density at radius 2 is 1.80 bits per heavy atom. The van der Waals surface area contributed by atoms with E-state index >= 15 is 0 Å². The van der Waals surface area contributed by atoms with E-state index in [1.54, 1.807) is 34.0 Å². The van der Waals surface area contributed by atoms with Crippen LogP contribution in [0, 0.1) is 11.6 Å². The fourth-order valence-electron chi connectivity index (χ4n) is 5.95. The highest BCUT2D eigenvalue weighted by Gasteiger charge is 2.48. The SMILES string of the molecule is Cn1nc2c3c(c(NC(=O)c4cc(F)cc(C(F)(F)F)c4)cc2c1C1=CN(C(=O)OC(C)(C)C)CC1)C(O)(c1cc(F)ccc1Cl)NC3=O. The smallest absolute Gasteiger partial charge is 0.416 e. The summed E-state index contributed by atoms with van der Waals surface area (Å²) in [4.78, 5) is 41.3. The lowest BCUT2D eigenvalue weighted by Gasteiger charge is -2.27. The number of aryl methyl sites for hydroxylation is 1. The van der Waals surface area contributed by atoms with E-state index in [2.05, 4.69) is 15.7 Å². The predicted molar refractivity (Wildman–Crippen MR) is 167 cm³/mol. The second-order valence-electron chi connectivity index (χ2n) is 12.6. The maximum absolute atomic E-state index is 14.5. The van der Waals surface area contributed by atoms with Gasteiger partial charge in [-0.2, -0.15) is 18.3 Å². The van der Waals surface area contributed by atoms with Gasteiger partial charge < -0.3 is 20.5 Å². The van der Waals surface area contributed by atoms with Crippen LogP contribution in [-0.2, 0) is 23.7 Å². The summed E-state index contributed by atoms with van der Waals surface area (Å²) >= 11 is 6.34. The molecule has 2 aliphatic rings. The van der Waals surface area contributed by atoms with E-state index in [1.165, 1.54) is 15.6 Å². The molecule has 16 heteroatoms. The third kappa shape index (κ3) is 6.08. The number of anilines is 1. The van der Waals surface area contributed by atoms with Crippen molar-refractivity contribution in [3.63, 3.8) is 0 Å². The number of amides is 3. The van der Waals surface area contributed by atoms with Crippen molar-refractivity contribution in [2.24, 2.45) is 7.05 Å². The molecule has 0 radical (unpaired) electrons. The molecule has 0 aliphatic carbocycles. The highest BCUT2D eigenvalue weighted by Crippen LogP contribution is 2.47. The number of hydrogen-bond donors (Lipinski definition) is 3. The summed E-state index contributed by atoms with van der Waals surface area (Å²) < 4.78 is 76.1. The molecule has 0 saturated carbocycles. The number of benzene rings is 3. The lowest BCUT2D eigenvalue weighted by atomic mass is 9.90. The molecule has 1 aromatic heterocycles. The van der Waals surface area contributed by atoms with E-state index in [0.29, 0.717) is 29.8 Å². The summed E-state index contributed by atoms with van der Waals surface area (Å²) in [5, 5.41) is 21.4. The second kappa shape index (κ2) is 11.6. The molecule has 3 N–H and O–H groups in total. The first-order valence-electron chi connectivity index (χ1n) is 14.7. The molecule has 10 nitrogen and oxygen atoms in total. The maximum Gasteiger partial charge on any atom is 0.416 e. The summed E-state index contributed by atoms with van der Waals surface area (Å²) in [6.45, 7) is 5.39. The van der Waals surface area contributed by atoms with Crippen molar-refractivity contribution in [1.82, 2.24) is 20.0 Å². The van der Waals surface area contributed by atoms with Gasteiger partial charge >= 0.3 is 12.3 Å². The number of rotatable bonds is 4. The van der Waals surface area contributed by atoms with Gasteiger partial charge in [-0.25, -0.2) is 13.6 Å². The van der Waals surface area contributed by atoms with Crippen LogP contribution < -0.4 is 10.6 Å². The number of carbonyl (C=O) groups excluding carboxylic acids is 3. The zero-order chi connectivity index (χ0) is 35.8. The van der Waals surface area contributed by atoms with E-state index in [4.69, 9.17) is 16.3 Å². The number of aliphatic hydroxyl groups is 1. The van der Waals surface area contributed by atoms with Gasteiger partial charge in [0, 0.05) is 46.9 Å². The number of halogens is 6. The number of fused-ring (bicyclic) bond motifs is 3. The molecule has 0 bridgehead atoms. The van der Waals surface area contributed by atoms with Crippen molar-refractivity contribution in [3.8, 4) is 0 Å². The van der Waals surface area contributed by atoms with E-state index in [1.807, 2.05) is 0 Å². The van der Waals surface area contributed by atoms with E-state index in [9.17, 15) is 41.4 Å². The van der Waals surface area contributed by atoms with Gasteiger partial charge in [-0.15, -0.1) is 0 Å². The zero-order valence-corrected chi connectivity index (χ0v) is 27.0. The molecule has 0 spiro atoms. The molecule has 4 aromatic rings. The number of carbonyl (C=O) groups is 3. The van der Waals surface area contributed by atoms with Gasteiger partial charge in [-0.1, -0.05) is 11.6 Å². The van der Waals surface area contributed by atoms with Gasteiger partial charge in [0.25, 0.3) is 11.8 Å².